The van der Waals surface area contributed by atoms with Gasteiger partial charge in [-0.2, -0.15) is 26.3 Å². The standard InChI is InChI=1S/C18H17F3N2O.C16H15F3N2/c1-12(24)22-16-6-7-17-14(10-16)8-9-23(17)11-13-2-4-15(5-3-13)18(19,20)21;17-16(18,19)13-3-1-11(2-4-13)10-21-8-7-12-9-14(20)5-6-15(12)21/h2-7,10H,8-9,11H2,1H3,(H,22,24);1-6,9H,7-8,10,20H2. The summed E-state index contributed by atoms with van der Waals surface area (Å²) >= 11 is 0. The van der Waals surface area contributed by atoms with Crippen LogP contribution in [0, 0.1) is 0 Å². The maximum atomic E-state index is 12.6. The molecule has 11 heteroatoms. The molecule has 0 unspecified atom stereocenters. The maximum absolute atomic E-state index is 12.6. The molecule has 0 atom stereocenters. The van der Waals surface area contributed by atoms with E-state index >= 15 is 0 Å². The van der Waals surface area contributed by atoms with Crippen molar-refractivity contribution in [3.63, 3.8) is 0 Å². The van der Waals surface area contributed by atoms with Gasteiger partial charge in [0, 0.05) is 55.9 Å². The molecular weight excluding hydrogens is 594 g/mol. The van der Waals surface area contributed by atoms with Gasteiger partial charge in [0.2, 0.25) is 5.91 Å². The number of fused-ring (bicyclic) bond motifs is 2. The Bertz CT molecular complexity index is 1650. The zero-order valence-corrected chi connectivity index (χ0v) is 24.5. The number of nitrogens with zero attached hydrogens (tertiary/aromatic N) is 2. The number of halogens is 6. The minimum Gasteiger partial charge on any atom is -0.399 e. The Labute approximate surface area is 257 Å². The second-order valence-corrected chi connectivity index (χ2v) is 11.1. The third-order valence-electron chi connectivity index (χ3n) is 7.80. The molecule has 6 rings (SSSR count). The van der Waals surface area contributed by atoms with Crippen LogP contribution in [0.4, 0.5) is 49.1 Å². The Morgan fingerprint density at radius 1 is 0.689 bits per heavy atom. The largest absolute Gasteiger partial charge is 0.416 e. The normalized spacial score (nSPS) is 14.0. The van der Waals surface area contributed by atoms with Crippen LogP contribution in [0.25, 0.3) is 0 Å². The van der Waals surface area contributed by atoms with Gasteiger partial charge in [-0.05, 0) is 95.8 Å². The Morgan fingerprint density at radius 2 is 1.13 bits per heavy atom. The molecule has 2 aliphatic rings. The van der Waals surface area contributed by atoms with Gasteiger partial charge in [-0.25, -0.2) is 0 Å². The van der Waals surface area contributed by atoms with Crippen molar-refractivity contribution in [2.75, 3.05) is 33.9 Å². The molecule has 0 fully saturated rings. The summed E-state index contributed by atoms with van der Waals surface area (Å²) in [6.45, 7) is 4.30. The van der Waals surface area contributed by atoms with Crippen LogP contribution in [0.1, 0.15) is 40.3 Å². The van der Waals surface area contributed by atoms with Gasteiger partial charge in [0.15, 0.2) is 0 Å². The van der Waals surface area contributed by atoms with Crippen LogP contribution in [0.3, 0.4) is 0 Å². The lowest BCUT2D eigenvalue weighted by Crippen LogP contribution is -2.19. The highest BCUT2D eigenvalue weighted by Gasteiger charge is 2.31. The minimum absolute atomic E-state index is 0.116. The summed E-state index contributed by atoms with van der Waals surface area (Å²) < 4.78 is 75.4. The van der Waals surface area contributed by atoms with Gasteiger partial charge in [-0.1, -0.05) is 24.3 Å². The summed E-state index contributed by atoms with van der Waals surface area (Å²) in [5.74, 6) is -0.116. The number of benzene rings is 4. The Kier molecular flexibility index (Phi) is 8.99. The number of rotatable bonds is 5. The number of carbonyl (C=O) groups excluding carboxylic acids is 1. The third kappa shape index (κ3) is 7.89. The predicted molar refractivity (Wildman–Crippen MR) is 164 cm³/mol. The fourth-order valence-electron chi connectivity index (χ4n) is 5.61. The topological polar surface area (TPSA) is 61.6 Å². The molecule has 5 nitrogen and oxygen atoms in total. The van der Waals surface area contributed by atoms with Gasteiger partial charge in [0.1, 0.15) is 0 Å². The molecule has 2 aliphatic heterocycles. The summed E-state index contributed by atoms with van der Waals surface area (Å²) in [6.07, 6.45) is -6.82. The Morgan fingerprint density at radius 3 is 1.58 bits per heavy atom. The van der Waals surface area contributed by atoms with Gasteiger partial charge < -0.3 is 20.9 Å². The number of carbonyl (C=O) groups is 1. The number of hydrogen-bond donors (Lipinski definition) is 2. The van der Waals surface area contributed by atoms with E-state index in [2.05, 4.69) is 15.1 Å². The predicted octanol–water partition coefficient (Wildman–Crippen LogP) is 8.08. The lowest BCUT2D eigenvalue weighted by molar-refractivity contribution is -0.138. The molecule has 0 aromatic heterocycles. The first-order valence-corrected chi connectivity index (χ1v) is 14.4. The molecule has 2 heterocycles. The molecule has 0 bridgehead atoms. The summed E-state index contributed by atoms with van der Waals surface area (Å²) in [6, 6.07) is 22.1. The molecule has 0 aliphatic carbocycles. The SMILES string of the molecule is CC(=O)Nc1ccc2c(c1)CCN2Cc1ccc(C(F)(F)F)cc1.Nc1ccc2c(c1)CCN2Cc1ccc(C(F)(F)F)cc1. The van der Waals surface area contributed by atoms with Crippen LogP contribution < -0.4 is 20.9 Å². The number of nitrogen functional groups attached to an aromatic ring is 1. The van der Waals surface area contributed by atoms with E-state index in [1.807, 2.05) is 36.4 Å². The number of hydrogen-bond acceptors (Lipinski definition) is 4. The van der Waals surface area contributed by atoms with Gasteiger partial charge >= 0.3 is 12.4 Å². The van der Waals surface area contributed by atoms with Crippen LogP contribution in [-0.4, -0.2) is 19.0 Å². The van der Waals surface area contributed by atoms with Crippen molar-refractivity contribution in [3.8, 4) is 0 Å². The Hall–Kier alpha value is -4.67. The highest BCUT2D eigenvalue weighted by molar-refractivity contribution is 5.89. The molecular formula is C34H32F6N4O. The molecule has 4 aromatic rings. The van der Waals surface area contributed by atoms with Crippen molar-refractivity contribution in [2.45, 2.75) is 45.2 Å². The van der Waals surface area contributed by atoms with Crippen molar-refractivity contribution >= 4 is 28.7 Å². The molecule has 236 valence electrons. The molecule has 1 amide bonds. The average molecular weight is 627 g/mol. The summed E-state index contributed by atoms with van der Waals surface area (Å²) in [5, 5.41) is 2.76. The fourth-order valence-corrected chi connectivity index (χ4v) is 5.61. The van der Waals surface area contributed by atoms with E-state index < -0.39 is 23.5 Å². The van der Waals surface area contributed by atoms with E-state index in [9.17, 15) is 31.1 Å². The maximum Gasteiger partial charge on any atom is 0.416 e. The summed E-state index contributed by atoms with van der Waals surface area (Å²) in [5.41, 5.74) is 12.2. The van der Waals surface area contributed by atoms with Crippen molar-refractivity contribution in [3.05, 3.63) is 118 Å². The first kappa shape index (κ1) is 31.7. The number of amides is 1. The Balaban J connectivity index is 0.000000179. The number of alkyl halides is 6. The van der Waals surface area contributed by atoms with E-state index in [1.165, 1.54) is 36.8 Å². The number of anilines is 4. The molecule has 0 saturated heterocycles. The van der Waals surface area contributed by atoms with Crippen LogP contribution in [0.2, 0.25) is 0 Å². The van der Waals surface area contributed by atoms with Crippen molar-refractivity contribution in [1.82, 2.24) is 0 Å². The molecule has 0 radical (unpaired) electrons. The summed E-state index contributed by atoms with van der Waals surface area (Å²) in [4.78, 5) is 15.4. The molecule has 3 N–H and O–H groups in total. The average Bonchev–Trinajstić information content (AvgIpc) is 3.55. The molecule has 45 heavy (non-hydrogen) atoms. The second kappa shape index (κ2) is 12.7. The van der Waals surface area contributed by atoms with Gasteiger partial charge in [-0.15, -0.1) is 0 Å². The van der Waals surface area contributed by atoms with Gasteiger partial charge in [-0.3, -0.25) is 4.79 Å². The van der Waals surface area contributed by atoms with Gasteiger partial charge in [0.25, 0.3) is 0 Å². The van der Waals surface area contributed by atoms with E-state index in [-0.39, 0.29) is 5.91 Å². The van der Waals surface area contributed by atoms with Gasteiger partial charge in [0.05, 0.1) is 11.1 Å². The summed E-state index contributed by atoms with van der Waals surface area (Å²) in [7, 11) is 0. The zero-order valence-electron chi connectivity index (χ0n) is 24.5. The highest BCUT2D eigenvalue weighted by atomic mass is 19.4. The second-order valence-electron chi connectivity index (χ2n) is 11.1. The van der Waals surface area contributed by atoms with E-state index in [0.29, 0.717) is 13.1 Å². The van der Waals surface area contributed by atoms with Crippen LogP contribution in [0.5, 0.6) is 0 Å². The zero-order chi connectivity index (χ0) is 32.4. The molecule has 4 aromatic carbocycles. The quantitative estimate of drug-likeness (QED) is 0.174. The fraction of sp³-hybridized carbons (Fsp3) is 0.265. The number of nitrogens with one attached hydrogen (secondary N) is 1. The van der Waals surface area contributed by atoms with Crippen molar-refractivity contribution < 1.29 is 31.1 Å². The smallest absolute Gasteiger partial charge is 0.399 e. The first-order chi connectivity index (χ1) is 21.3. The van der Waals surface area contributed by atoms with E-state index in [1.54, 1.807) is 0 Å². The van der Waals surface area contributed by atoms with Crippen LogP contribution in [-0.2, 0) is 43.1 Å². The molecule has 0 saturated carbocycles. The van der Waals surface area contributed by atoms with Crippen LogP contribution >= 0.6 is 0 Å². The van der Waals surface area contributed by atoms with E-state index in [0.717, 1.165) is 89.6 Å². The first-order valence-electron chi connectivity index (χ1n) is 14.4. The van der Waals surface area contributed by atoms with Crippen LogP contribution in [0.15, 0.2) is 84.9 Å². The molecule has 0 spiro atoms. The monoisotopic (exact) mass is 626 g/mol. The lowest BCUT2D eigenvalue weighted by atomic mass is 10.1. The van der Waals surface area contributed by atoms with E-state index in [4.69, 9.17) is 5.73 Å². The lowest BCUT2D eigenvalue weighted by Gasteiger charge is -2.20. The minimum atomic E-state index is -4.31. The highest BCUT2D eigenvalue weighted by Crippen LogP contribution is 2.34. The van der Waals surface area contributed by atoms with Crippen molar-refractivity contribution in [2.24, 2.45) is 0 Å². The van der Waals surface area contributed by atoms with Crippen molar-refractivity contribution in [1.29, 1.82) is 0 Å². The third-order valence-corrected chi connectivity index (χ3v) is 7.80. The number of nitrogens with two attached hydrogens (primary N) is 1.